The van der Waals surface area contributed by atoms with Crippen molar-refractivity contribution < 1.29 is 19.1 Å². The summed E-state index contributed by atoms with van der Waals surface area (Å²) in [4.78, 5) is 40.8. The molecule has 3 saturated carbocycles. The zero-order chi connectivity index (χ0) is 46.9. The Kier molecular flexibility index (Phi) is 26.0. The Morgan fingerprint density at radius 2 is 1.35 bits per heavy atom. The fourth-order valence-corrected chi connectivity index (χ4v) is 13.6. The van der Waals surface area contributed by atoms with Crippen molar-refractivity contribution in [2.24, 2.45) is 52.1 Å². The summed E-state index contributed by atoms with van der Waals surface area (Å²) in [5.74, 6) is 4.86. The Labute approximate surface area is 400 Å². The zero-order valence-corrected chi connectivity index (χ0v) is 43.4. The van der Waals surface area contributed by atoms with Crippen LogP contribution in [0.3, 0.4) is 0 Å². The number of nitrogens with two attached hydrogens (primary N) is 1. The predicted octanol–water partition coefficient (Wildman–Crippen LogP) is 14.2. The van der Waals surface area contributed by atoms with Gasteiger partial charge < -0.3 is 26.0 Å². The third kappa shape index (κ3) is 18.4. The molecule has 8 heteroatoms. The highest BCUT2D eigenvalue weighted by molar-refractivity contribution is 5.84. The second-order valence-electron chi connectivity index (χ2n) is 22.9. The number of allylic oxidation sites excluding steroid dienone is 1. The Hall–Kier alpha value is -2.09. The topological polar surface area (TPSA) is 114 Å². The number of amides is 3. The van der Waals surface area contributed by atoms with Crippen LogP contribution in [-0.2, 0) is 14.3 Å². The smallest absolute Gasteiger partial charge is 0.407 e. The summed E-state index contributed by atoms with van der Waals surface area (Å²) in [5, 5.41) is 5.92. The molecule has 0 spiro atoms. The van der Waals surface area contributed by atoms with E-state index in [0.29, 0.717) is 38.0 Å². The van der Waals surface area contributed by atoms with Crippen molar-refractivity contribution in [3.8, 4) is 0 Å². The van der Waals surface area contributed by atoms with Crippen LogP contribution in [0, 0.1) is 46.3 Å². The first-order chi connectivity index (χ1) is 31.4. The molecule has 0 aromatic carbocycles. The second-order valence-corrected chi connectivity index (χ2v) is 22.9. The maximum atomic E-state index is 13.3. The number of ether oxygens (including phenoxy) is 1. The Balaban J connectivity index is 1.10. The minimum atomic E-state index is -0.327. The minimum absolute atomic E-state index is 0.0525. The highest BCUT2D eigenvalue weighted by Gasteiger charge is 2.59. The fraction of sp³-hybridized carbons (Fsp3) is 0.912. The van der Waals surface area contributed by atoms with Crippen LogP contribution in [0.5, 0.6) is 0 Å². The molecule has 0 saturated heterocycles. The summed E-state index contributed by atoms with van der Waals surface area (Å²) in [7, 11) is 0. The number of fused-ring (bicyclic) bond motifs is 5. The fourth-order valence-electron chi connectivity index (χ4n) is 13.6. The summed E-state index contributed by atoms with van der Waals surface area (Å²) in [6.45, 7) is 16.9. The largest absolute Gasteiger partial charge is 0.446 e. The molecule has 4 aliphatic carbocycles. The summed E-state index contributed by atoms with van der Waals surface area (Å²) in [6, 6.07) is 0. The summed E-state index contributed by atoms with van der Waals surface area (Å²) >= 11 is 0. The maximum Gasteiger partial charge on any atom is 0.407 e. The molecule has 4 N–H and O–H groups in total. The molecular formula is C57H104N4O4. The van der Waals surface area contributed by atoms with E-state index in [2.05, 4.69) is 58.3 Å². The molecule has 65 heavy (non-hydrogen) atoms. The molecule has 0 unspecified atom stereocenters. The van der Waals surface area contributed by atoms with Gasteiger partial charge in [0.2, 0.25) is 11.8 Å². The number of nitrogens with one attached hydrogen (secondary N) is 2. The number of carbonyl (C=O) groups excluding carboxylic acids is 3. The molecule has 0 heterocycles. The van der Waals surface area contributed by atoms with Crippen molar-refractivity contribution in [2.75, 3.05) is 32.7 Å². The van der Waals surface area contributed by atoms with Crippen LogP contribution >= 0.6 is 0 Å². The van der Waals surface area contributed by atoms with Crippen molar-refractivity contribution in [3.05, 3.63) is 11.6 Å². The third-order valence-electron chi connectivity index (χ3n) is 17.5. The lowest BCUT2D eigenvalue weighted by Gasteiger charge is -2.58. The number of hydrogen-bond donors (Lipinski definition) is 3. The van der Waals surface area contributed by atoms with Crippen molar-refractivity contribution in [3.63, 3.8) is 0 Å². The van der Waals surface area contributed by atoms with Crippen LogP contribution in [-0.4, -0.2) is 61.6 Å². The zero-order valence-electron chi connectivity index (χ0n) is 43.4. The second kappa shape index (κ2) is 30.4. The normalized spacial score (nSPS) is 26.5. The highest BCUT2D eigenvalue weighted by atomic mass is 16.6. The van der Waals surface area contributed by atoms with Gasteiger partial charge in [-0.2, -0.15) is 0 Å². The van der Waals surface area contributed by atoms with Crippen LogP contribution in [0.15, 0.2) is 11.6 Å². The lowest BCUT2D eigenvalue weighted by molar-refractivity contribution is -0.136. The third-order valence-corrected chi connectivity index (χ3v) is 17.5. The van der Waals surface area contributed by atoms with Crippen LogP contribution in [0.25, 0.3) is 0 Å². The summed E-state index contributed by atoms with van der Waals surface area (Å²) < 4.78 is 6.07. The molecule has 3 amide bonds. The molecule has 0 aliphatic heterocycles. The van der Waals surface area contributed by atoms with Crippen LogP contribution < -0.4 is 16.4 Å². The minimum Gasteiger partial charge on any atom is -0.446 e. The molecular weight excluding hydrogens is 805 g/mol. The average Bonchev–Trinajstić information content (AvgIpc) is 3.64. The Morgan fingerprint density at radius 1 is 0.723 bits per heavy atom. The van der Waals surface area contributed by atoms with Crippen molar-refractivity contribution >= 4 is 17.9 Å². The lowest BCUT2D eigenvalue weighted by atomic mass is 9.47. The van der Waals surface area contributed by atoms with Gasteiger partial charge in [-0.25, -0.2) is 4.79 Å². The number of alkyl carbamates (subject to hydrolysis) is 1. The monoisotopic (exact) mass is 909 g/mol. The van der Waals surface area contributed by atoms with Gasteiger partial charge >= 0.3 is 6.09 Å². The van der Waals surface area contributed by atoms with Gasteiger partial charge in [0.15, 0.2) is 0 Å². The SMILES string of the molecule is CCCCCCCCCCCCCCCCCCCC(=O)N(CCCCNC(=O)O[C@H]1CC[C@@]2(C)C(=CC[C@H]3[C@@H]4CC[C@H]([C@H](C)CCCC(C)C)[C@@]4(C)CC[C@@H]32)C1)CC(=O)NCCCN. The molecule has 4 aliphatic rings. The molecule has 8 atom stereocenters. The van der Waals surface area contributed by atoms with Gasteiger partial charge in [0.1, 0.15) is 6.10 Å². The van der Waals surface area contributed by atoms with Crippen molar-refractivity contribution in [1.29, 1.82) is 0 Å². The van der Waals surface area contributed by atoms with E-state index in [9.17, 15) is 14.4 Å². The highest BCUT2D eigenvalue weighted by Crippen LogP contribution is 2.67. The van der Waals surface area contributed by atoms with E-state index in [1.807, 2.05) is 0 Å². The van der Waals surface area contributed by atoms with Gasteiger partial charge in [-0.15, -0.1) is 0 Å². The van der Waals surface area contributed by atoms with E-state index in [1.54, 1.807) is 10.5 Å². The van der Waals surface area contributed by atoms with E-state index in [1.165, 1.54) is 148 Å². The summed E-state index contributed by atoms with van der Waals surface area (Å²) in [6.07, 6.45) is 41.0. The van der Waals surface area contributed by atoms with Crippen molar-refractivity contribution in [1.82, 2.24) is 15.5 Å². The lowest BCUT2D eigenvalue weighted by Crippen LogP contribution is -2.51. The molecule has 3 fully saturated rings. The number of hydrogen-bond acceptors (Lipinski definition) is 5. The molecule has 0 aromatic rings. The van der Waals surface area contributed by atoms with E-state index < -0.39 is 0 Å². The van der Waals surface area contributed by atoms with E-state index in [0.717, 1.165) is 86.9 Å². The Bertz CT molecular complexity index is 1380. The molecule has 4 rings (SSSR count). The average molecular weight is 909 g/mol. The molecule has 376 valence electrons. The van der Waals surface area contributed by atoms with Crippen LogP contribution in [0.4, 0.5) is 4.79 Å². The predicted molar refractivity (Wildman–Crippen MR) is 273 cm³/mol. The molecule has 0 radical (unpaired) electrons. The van der Waals surface area contributed by atoms with Gasteiger partial charge in [0, 0.05) is 32.5 Å². The molecule has 0 bridgehead atoms. The van der Waals surface area contributed by atoms with Gasteiger partial charge in [-0.3, -0.25) is 9.59 Å². The van der Waals surface area contributed by atoms with Crippen LogP contribution in [0.2, 0.25) is 0 Å². The van der Waals surface area contributed by atoms with Crippen molar-refractivity contribution in [2.45, 2.75) is 253 Å². The molecule has 8 nitrogen and oxygen atoms in total. The van der Waals surface area contributed by atoms with E-state index in [4.69, 9.17) is 10.5 Å². The number of unbranched alkanes of at least 4 members (excludes halogenated alkanes) is 17. The standard InChI is InChI=1S/C57H104N4O4/c1-7-8-9-10-11-12-13-14-15-16-17-18-19-20-21-22-23-30-54(63)61(44-53(62)59-41-27-39-58)42-25-24-40-60-55(64)65-48-35-37-56(5)47(43-48)31-32-49-51-34-33-50(46(4)29-26-28-45(2)3)57(51,6)38-36-52(49)56/h31,45-46,48-52H,7-30,32-44,58H2,1-6H3,(H,59,62)(H,60,64)/t46-,48+,49+,50-,51+,52+,56+,57-/m1/s1. The van der Waals surface area contributed by atoms with Crippen LogP contribution in [0.1, 0.15) is 247 Å². The number of carbonyl (C=O) groups is 3. The summed E-state index contributed by atoms with van der Waals surface area (Å²) in [5.41, 5.74) is 7.91. The maximum absolute atomic E-state index is 13.3. The number of nitrogens with zero attached hydrogens (tertiary/aromatic N) is 1. The van der Waals surface area contributed by atoms with E-state index in [-0.39, 0.29) is 36.0 Å². The number of rotatable bonds is 34. The van der Waals surface area contributed by atoms with Gasteiger partial charge in [-0.1, -0.05) is 175 Å². The first kappa shape index (κ1) is 55.5. The van der Waals surface area contributed by atoms with Gasteiger partial charge in [0.05, 0.1) is 6.54 Å². The van der Waals surface area contributed by atoms with Gasteiger partial charge in [-0.05, 0) is 124 Å². The first-order valence-corrected chi connectivity index (χ1v) is 28.3. The molecule has 0 aromatic heterocycles. The van der Waals surface area contributed by atoms with Gasteiger partial charge in [0.25, 0.3) is 0 Å². The Morgan fingerprint density at radius 3 is 1.98 bits per heavy atom. The quantitative estimate of drug-likeness (QED) is 0.0440. The first-order valence-electron chi connectivity index (χ1n) is 28.3. The van der Waals surface area contributed by atoms with E-state index >= 15 is 0 Å².